The smallest absolute Gasteiger partial charge is 0.0867 e. The van der Waals surface area contributed by atoms with Crippen molar-refractivity contribution in [1.29, 1.82) is 0 Å². The molecule has 1 aromatic carbocycles. The van der Waals surface area contributed by atoms with Crippen LogP contribution in [-0.4, -0.2) is 10.9 Å². The van der Waals surface area contributed by atoms with Gasteiger partial charge in [0.15, 0.2) is 0 Å². The van der Waals surface area contributed by atoms with Gasteiger partial charge in [-0.25, -0.2) is 0 Å². The Bertz CT molecular complexity index is 346. The number of oxime groups is 1. The molecular formula is C17H27NO. The molecule has 106 valence electrons. The minimum absolute atomic E-state index is 0.812. The summed E-state index contributed by atoms with van der Waals surface area (Å²) >= 11 is 0. The molecule has 0 atom stereocenters. The third-order valence-electron chi connectivity index (χ3n) is 3.49. The standard InChI is InChI=1S/C17H27NO/c1-2-3-4-5-6-7-8-12-15-17(18-19)16-13-10-9-11-14-16/h9-11,13-14,19H,2-8,12,15H2,1H3/b18-17-. The van der Waals surface area contributed by atoms with Crippen molar-refractivity contribution in [2.45, 2.75) is 64.7 Å². The Kier molecular flexibility index (Phi) is 8.78. The summed E-state index contributed by atoms with van der Waals surface area (Å²) in [6, 6.07) is 9.94. The molecule has 0 bridgehead atoms. The molecule has 0 heterocycles. The molecule has 0 saturated carbocycles. The topological polar surface area (TPSA) is 32.6 Å². The minimum atomic E-state index is 0.812. The number of nitrogens with zero attached hydrogens (tertiary/aromatic N) is 1. The summed E-state index contributed by atoms with van der Waals surface area (Å²) in [4.78, 5) is 0. The lowest BCUT2D eigenvalue weighted by molar-refractivity contribution is 0.317. The number of hydrogen-bond acceptors (Lipinski definition) is 2. The van der Waals surface area contributed by atoms with E-state index in [0.717, 1.165) is 24.1 Å². The predicted molar refractivity (Wildman–Crippen MR) is 82.0 cm³/mol. The van der Waals surface area contributed by atoms with Crippen LogP contribution < -0.4 is 0 Å². The number of rotatable bonds is 10. The van der Waals surface area contributed by atoms with E-state index < -0.39 is 0 Å². The van der Waals surface area contributed by atoms with Crippen LogP contribution in [0.15, 0.2) is 35.5 Å². The first-order valence-corrected chi connectivity index (χ1v) is 7.64. The molecule has 0 aromatic heterocycles. The first-order chi connectivity index (χ1) is 9.38. The zero-order chi connectivity index (χ0) is 13.8. The van der Waals surface area contributed by atoms with E-state index in [9.17, 15) is 0 Å². The maximum atomic E-state index is 9.07. The van der Waals surface area contributed by atoms with Crippen LogP contribution in [0.2, 0.25) is 0 Å². The number of unbranched alkanes of at least 4 members (excludes halogenated alkanes) is 7. The van der Waals surface area contributed by atoms with Crippen LogP contribution in [0, 0.1) is 0 Å². The zero-order valence-electron chi connectivity index (χ0n) is 12.1. The van der Waals surface area contributed by atoms with Gasteiger partial charge in [0.2, 0.25) is 0 Å². The van der Waals surface area contributed by atoms with Gasteiger partial charge >= 0.3 is 0 Å². The van der Waals surface area contributed by atoms with Crippen molar-refractivity contribution in [3.8, 4) is 0 Å². The van der Waals surface area contributed by atoms with Gasteiger partial charge in [0.1, 0.15) is 0 Å². The summed E-state index contributed by atoms with van der Waals surface area (Å²) in [6.45, 7) is 2.25. The lowest BCUT2D eigenvalue weighted by Crippen LogP contribution is -2.00. The van der Waals surface area contributed by atoms with E-state index in [1.165, 1.54) is 44.9 Å². The van der Waals surface area contributed by atoms with Gasteiger partial charge in [0.05, 0.1) is 5.71 Å². The van der Waals surface area contributed by atoms with Crippen molar-refractivity contribution in [2.24, 2.45) is 5.16 Å². The lowest BCUT2D eigenvalue weighted by Gasteiger charge is -2.05. The Hall–Kier alpha value is -1.31. The second-order valence-electron chi connectivity index (χ2n) is 5.14. The highest BCUT2D eigenvalue weighted by Gasteiger charge is 2.03. The third-order valence-corrected chi connectivity index (χ3v) is 3.49. The highest BCUT2D eigenvalue weighted by Crippen LogP contribution is 2.12. The molecule has 1 rings (SSSR count). The van der Waals surface area contributed by atoms with Crippen LogP contribution in [0.4, 0.5) is 0 Å². The van der Waals surface area contributed by atoms with Gasteiger partial charge in [-0.05, 0) is 18.4 Å². The van der Waals surface area contributed by atoms with Crippen LogP contribution >= 0.6 is 0 Å². The van der Waals surface area contributed by atoms with Gasteiger partial charge in [0.25, 0.3) is 0 Å². The van der Waals surface area contributed by atoms with Crippen molar-refractivity contribution in [1.82, 2.24) is 0 Å². The fourth-order valence-electron chi connectivity index (χ4n) is 2.31. The summed E-state index contributed by atoms with van der Waals surface area (Å²) < 4.78 is 0. The molecule has 2 heteroatoms. The van der Waals surface area contributed by atoms with Crippen molar-refractivity contribution < 1.29 is 5.21 Å². The van der Waals surface area contributed by atoms with Crippen molar-refractivity contribution in [3.63, 3.8) is 0 Å². The molecule has 1 N–H and O–H groups in total. The third kappa shape index (κ3) is 7.00. The molecule has 1 aromatic rings. The summed E-state index contributed by atoms with van der Waals surface area (Å²) in [5.41, 5.74) is 1.85. The summed E-state index contributed by atoms with van der Waals surface area (Å²) in [6.07, 6.45) is 11.3. The summed E-state index contributed by atoms with van der Waals surface area (Å²) in [7, 11) is 0. The van der Waals surface area contributed by atoms with E-state index in [2.05, 4.69) is 12.1 Å². The first kappa shape index (κ1) is 15.7. The molecule has 0 spiro atoms. The van der Waals surface area contributed by atoms with E-state index in [0.29, 0.717) is 0 Å². The largest absolute Gasteiger partial charge is 0.411 e. The molecule has 0 aliphatic carbocycles. The highest BCUT2D eigenvalue weighted by atomic mass is 16.4. The van der Waals surface area contributed by atoms with E-state index >= 15 is 0 Å². The first-order valence-electron chi connectivity index (χ1n) is 7.64. The average molecular weight is 261 g/mol. The molecule has 2 nitrogen and oxygen atoms in total. The van der Waals surface area contributed by atoms with E-state index in [4.69, 9.17) is 5.21 Å². The fourth-order valence-corrected chi connectivity index (χ4v) is 2.31. The molecule has 19 heavy (non-hydrogen) atoms. The van der Waals surface area contributed by atoms with Gasteiger partial charge in [-0.15, -0.1) is 0 Å². The highest BCUT2D eigenvalue weighted by molar-refractivity contribution is 6.00. The number of hydrogen-bond donors (Lipinski definition) is 1. The van der Waals surface area contributed by atoms with Crippen molar-refractivity contribution in [2.75, 3.05) is 0 Å². The molecule has 0 amide bonds. The number of benzene rings is 1. The monoisotopic (exact) mass is 261 g/mol. The second kappa shape index (κ2) is 10.6. The van der Waals surface area contributed by atoms with Crippen LogP contribution in [0.25, 0.3) is 0 Å². The van der Waals surface area contributed by atoms with Crippen LogP contribution in [-0.2, 0) is 0 Å². The van der Waals surface area contributed by atoms with E-state index in [1.807, 2.05) is 30.3 Å². The van der Waals surface area contributed by atoms with Gasteiger partial charge < -0.3 is 5.21 Å². The molecular weight excluding hydrogens is 234 g/mol. The van der Waals surface area contributed by atoms with Crippen molar-refractivity contribution >= 4 is 5.71 Å². The molecule has 0 aliphatic rings. The lowest BCUT2D eigenvalue weighted by atomic mass is 10.0. The van der Waals surface area contributed by atoms with E-state index in [-0.39, 0.29) is 0 Å². The Labute approximate surface area is 117 Å². The zero-order valence-corrected chi connectivity index (χ0v) is 12.1. The summed E-state index contributed by atoms with van der Waals surface area (Å²) in [5.74, 6) is 0. The quantitative estimate of drug-likeness (QED) is 0.260. The van der Waals surface area contributed by atoms with Gasteiger partial charge in [-0.3, -0.25) is 0 Å². The van der Waals surface area contributed by atoms with Crippen LogP contribution in [0.1, 0.15) is 70.3 Å². The molecule has 0 saturated heterocycles. The van der Waals surface area contributed by atoms with Crippen LogP contribution in [0.5, 0.6) is 0 Å². The second-order valence-corrected chi connectivity index (χ2v) is 5.14. The molecule has 0 unspecified atom stereocenters. The van der Waals surface area contributed by atoms with Crippen LogP contribution in [0.3, 0.4) is 0 Å². The minimum Gasteiger partial charge on any atom is -0.411 e. The fraction of sp³-hybridized carbons (Fsp3) is 0.588. The molecule has 0 fully saturated rings. The molecule has 0 radical (unpaired) electrons. The maximum Gasteiger partial charge on any atom is 0.0867 e. The van der Waals surface area contributed by atoms with Gasteiger partial charge in [-0.2, -0.15) is 0 Å². The van der Waals surface area contributed by atoms with Crippen molar-refractivity contribution in [3.05, 3.63) is 35.9 Å². The maximum absolute atomic E-state index is 9.07. The normalized spacial score (nSPS) is 11.7. The average Bonchev–Trinajstić information content (AvgIpc) is 2.47. The Morgan fingerprint density at radius 1 is 0.895 bits per heavy atom. The van der Waals surface area contributed by atoms with E-state index in [1.54, 1.807) is 0 Å². The summed E-state index contributed by atoms with van der Waals surface area (Å²) in [5, 5.41) is 12.5. The Balaban J connectivity index is 2.11. The SMILES string of the molecule is CCCCCCCCCC/C(=N/O)c1ccccc1. The van der Waals surface area contributed by atoms with Gasteiger partial charge in [0, 0.05) is 0 Å². The Morgan fingerprint density at radius 3 is 2.05 bits per heavy atom. The van der Waals surface area contributed by atoms with Gasteiger partial charge in [-0.1, -0.05) is 87.4 Å². The molecule has 0 aliphatic heterocycles. The predicted octanol–water partition coefficient (Wildman–Crippen LogP) is 5.40. The Morgan fingerprint density at radius 2 is 1.47 bits per heavy atom.